The highest BCUT2D eigenvalue weighted by atomic mass is 16.2. The fourth-order valence-corrected chi connectivity index (χ4v) is 1.67. The Bertz CT molecular complexity index is 614. The lowest BCUT2D eigenvalue weighted by molar-refractivity contribution is 0.100. The number of rotatable bonds is 2. The molecule has 0 fully saturated rings. The van der Waals surface area contributed by atoms with Gasteiger partial charge in [-0.05, 0) is 29.2 Å². The lowest BCUT2D eigenvalue weighted by Gasteiger charge is -2.20. The molecule has 1 aromatic carbocycles. The van der Waals surface area contributed by atoms with Gasteiger partial charge in [-0.15, -0.1) is 0 Å². The molecule has 8 nitrogen and oxygen atoms in total. The average molecular weight is 304 g/mol. The molecule has 2 amide bonds. The van der Waals surface area contributed by atoms with Crippen molar-refractivity contribution in [2.75, 3.05) is 0 Å². The number of aliphatic imine (C=N–C) groups is 2. The van der Waals surface area contributed by atoms with E-state index >= 15 is 0 Å². The summed E-state index contributed by atoms with van der Waals surface area (Å²) in [6.07, 6.45) is 0. The van der Waals surface area contributed by atoms with Gasteiger partial charge in [0.25, 0.3) is 11.8 Å². The van der Waals surface area contributed by atoms with Gasteiger partial charge in [0.1, 0.15) is 0 Å². The second kappa shape index (κ2) is 6.25. The molecule has 0 spiro atoms. The van der Waals surface area contributed by atoms with E-state index in [1.54, 1.807) is 12.1 Å². The van der Waals surface area contributed by atoms with Gasteiger partial charge < -0.3 is 22.9 Å². The van der Waals surface area contributed by atoms with Crippen molar-refractivity contribution in [2.24, 2.45) is 32.9 Å². The molecule has 0 aromatic heterocycles. The second-order valence-electron chi connectivity index (χ2n) is 5.73. The summed E-state index contributed by atoms with van der Waals surface area (Å²) in [5.74, 6) is -2.01. The van der Waals surface area contributed by atoms with Crippen molar-refractivity contribution in [1.29, 1.82) is 0 Å². The van der Waals surface area contributed by atoms with Crippen LogP contribution in [0.3, 0.4) is 0 Å². The third-order valence-electron chi connectivity index (χ3n) is 2.75. The van der Waals surface area contributed by atoms with Crippen LogP contribution in [0.1, 0.15) is 47.1 Å². The standard InChI is InChI=1S/C14H20N6O2/c1-14(2,3)9-5-7(10(21)19-12(15)16)4-8(6-9)11(22)20-13(17)18/h4-6H,1-3H3,(H4,15,16,19,21)(H4,17,18,20,22). The lowest BCUT2D eigenvalue weighted by atomic mass is 9.85. The highest BCUT2D eigenvalue weighted by Crippen LogP contribution is 2.25. The minimum Gasteiger partial charge on any atom is -0.370 e. The van der Waals surface area contributed by atoms with E-state index in [4.69, 9.17) is 22.9 Å². The van der Waals surface area contributed by atoms with Crippen LogP contribution < -0.4 is 22.9 Å². The van der Waals surface area contributed by atoms with Crippen LogP contribution >= 0.6 is 0 Å². The van der Waals surface area contributed by atoms with Gasteiger partial charge in [0.15, 0.2) is 11.9 Å². The Labute approximate surface area is 128 Å². The molecule has 0 saturated heterocycles. The smallest absolute Gasteiger partial charge is 0.280 e. The fourth-order valence-electron chi connectivity index (χ4n) is 1.67. The summed E-state index contributed by atoms with van der Waals surface area (Å²) in [5.41, 5.74) is 21.6. The molecule has 0 saturated carbocycles. The molecule has 1 rings (SSSR count). The van der Waals surface area contributed by atoms with Gasteiger partial charge >= 0.3 is 0 Å². The summed E-state index contributed by atoms with van der Waals surface area (Å²) in [6.45, 7) is 5.81. The van der Waals surface area contributed by atoms with Crippen LogP contribution in [0.15, 0.2) is 28.2 Å². The van der Waals surface area contributed by atoms with E-state index in [2.05, 4.69) is 9.98 Å². The predicted octanol–water partition coefficient (Wildman–Crippen LogP) is -0.189. The number of hydrogen-bond acceptors (Lipinski definition) is 2. The lowest BCUT2D eigenvalue weighted by Crippen LogP contribution is -2.25. The molecule has 8 N–H and O–H groups in total. The third-order valence-corrected chi connectivity index (χ3v) is 2.75. The van der Waals surface area contributed by atoms with Crippen LogP contribution in [0.2, 0.25) is 0 Å². The molecule has 8 heteroatoms. The minimum atomic E-state index is -0.648. The van der Waals surface area contributed by atoms with Crippen molar-refractivity contribution in [3.63, 3.8) is 0 Å². The Hall–Kier alpha value is -2.90. The molecule has 0 heterocycles. The molecule has 1 aromatic rings. The van der Waals surface area contributed by atoms with Gasteiger partial charge in [-0.1, -0.05) is 20.8 Å². The largest absolute Gasteiger partial charge is 0.370 e. The molecule has 0 aliphatic rings. The van der Waals surface area contributed by atoms with Gasteiger partial charge in [-0.25, -0.2) is 0 Å². The van der Waals surface area contributed by atoms with Crippen LogP contribution in [0.25, 0.3) is 0 Å². The molecule has 0 aliphatic heterocycles. The SMILES string of the molecule is CC(C)(C)c1cc(C(=O)N=C(N)N)cc(C(=O)N=C(N)N)c1. The van der Waals surface area contributed by atoms with Crippen LogP contribution in [-0.4, -0.2) is 23.7 Å². The number of nitrogens with zero attached hydrogens (tertiary/aromatic N) is 2. The van der Waals surface area contributed by atoms with E-state index in [0.717, 1.165) is 5.56 Å². The summed E-state index contributed by atoms with van der Waals surface area (Å²) in [4.78, 5) is 30.9. The molecular weight excluding hydrogens is 284 g/mol. The molecule has 22 heavy (non-hydrogen) atoms. The Morgan fingerprint density at radius 1 is 0.818 bits per heavy atom. The maximum Gasteiger partial charge on any atom is 0.280 e. The Morgan fingerprint density at radius 3 is 1.45 bits per heavy atom. The summed E-state index contributed by atoms with van der Waals surface area (Å²) in [5, 5.41) is 0. The first-order chi connectivity index (χ1) is 10.0. The van der Waals surface area contributed by atoms with Crippen molar-refractivity contribution >= 4 is 23.7 Å². The summed E-state index contributed by atoms with van der Waals surface area (Å²) < 4.78 is 0. The van der Waals surface area contributed by atoms with Crippen LogP contribution in [0, 0.1) is 0 Å². The minimum absolute atomic E-state index is 0.176. The van der Waals surface area contributed by atoms with E-state index in [1.807, 2.05) is 20.8 Å². The van der Waals surface area contributed by atoms with Crippen LogP contribution in [0.5, 0.6) is 0 Å². The van der Waals surface area contributed by atoms with E-state index in [-0.39, 0.29) is 28.5 Å². The van der Waals surface area contributed by atoms with Gasteiger partial charge in [-0.2, -0.15) is 9.98 Å². The molecule has 0 aliphatic carbocycles. The Balaban J connectivity index is 3.47. The molecule has 0 bridgehead atoms. The van der Waals surface area contributed by atoms with Crippen molar-refractivity contribution in [3.8, 4) is 0 Å². The zero-order valence-electron chi connectivity index (χ0n) is 12.8. The quantitative estimate of drug-likeness (QED) is 0.437. The first-order valence-electron chi connectivity index (χ1n) is 6.44. The van der Waals surface area contributed by atoms with Crippen LogP contribution in [0.4, 0.5) is 0 Å². The highest BCUT2D eigenvalue weighted by molar-refractivity contribution is 6.06. The zero-order chi connectivity index (χ0) is 17.1. The molecule has 118 valence electrons. The number of amides is 2. The molecular formula is C14H20N6O2. The third kappa shape index (κ3) is 4.58. The number of guanidine groups is 2. The molecule has 0 unspecified atom stereocenters. The number of nitrogens with two attached hydrogens (primary N) is 4. The van der Waals surface area contributed by atoms with Gasteiger partial charge in [-0.3, -0.25) is 9.59 Å². The Kier molecular flexibility index (Phi) is 4.87. The van der Waals surface area contributed by atoms with E-state index in [0.29, 0.717) is 0 Å². The van der Waals surface area contributed by atoms with Crippen LogP contribution in [-0.2, 0) is 5.41 Å². The topological polar surface area (TPSA) is 163 Å². The summed E-state index contributed by atoms with van der Waals surface area (Å²) in [6, 6.07) is 4.60. The van der Waals surface area contributed by atoms with Gasteiger partial charge in [0.2, 0.25) is 0 Å². The van der Waals surface area contributed by atoms with E-state index in [1.165, 1.54) is 6.07 Å². The van der Waals surface area contributed by atoms with Crippen molar-refractivity contribution in [1.82, 2.24) is 0 Å². The maximum absolute atomic E-state index is 12.0. The van der Waals surface area contributed by atoms with Crippen molar-refractivity contribution in [3.05, 3.63) is 34.9 Å². The summed E-state index contributed by atoms with van der Waals surface area (Å²) in [7, 11) is 0. The molecule has 0 atom stereocenters. The second-order valence-corrected chi connectivity index (χ2v) is 5.73. The van der Waals surface area contributed by atoms with Gasteiger partial charge in [0.05, 0.1) is 0 Å². The van der Waals surface area contributed by atoms with E-state index in [9.17, 15) is 9.59 Å². The van der Waals surface area contributed by atoms with Gasteiger partial charge in [0, 0.05) is 11.1 Å². The normalized spacial score (nSPS) is 10.7. The number of carbonyl (C=O) groups excluding carboxylic acids is 2. The average Bonchev–Trinajstić information content (AvgIpc) is 2.35. The zero-order valence-corrected chi connectivity index (χ0v) is 12.8. The van der Waals surface area contributed by atoms with Crippen molar-refractivity contribution in [2.45, 2.75) is 26.2 Å². The number of benzene rings is 1. The highest BCUT2D eigenvalue weighted by Gasteiger charge is 2.19. The monoisotopic (exact) mass is 304 g/mol. The first kappa shape index (κ1) is 17.2. The molecule has 0 radical (unpaired) electrons. The number of hydrogen-bond donors (Lipinski definition) is 4. The van der Waals surface area contributed by atoms with Crippen molar-refractivity contribution < 1.29 is 9.59 Å². The predicted molar refractivity (Wildman–Crippen MR) is 85.4 cm³/mol. The Morgan fingerprint density at radius 2 is 1.18 bits per heavy atom. The first-order valence-corrected chi connectivity index (χ1v) is 6.44. The van der Waals surface area contributed by atoms with E-state index < -0.39 is 11.8 Å². The summed E-state index contributed by atoms with van der Waals surface area (Å²) >= 11 is 0. The fraction of sp³-hybridized carbons (Fsp3) is 0.286. The number of carbonyl (C=O) groups is 2. The maximum atomic E-state index is 12.0.